The van der Waals surface area contributed by atoms with Crippen molar-refractivity contribution in [1.82, 2.24) is 4.90 Å². The van der Waals surface area contributed by atoms with E-state index in [-0.39, 0.29) is 17.4 Å². The monoisotopic (exact) mass is 211 g/mol. The summed E-state index contributed by atoms with van der Waals surface area (Å²) >= 11 is 0. The van der Waals surface area contributed by atoms with Gasteiger partial charge < -0.3 is 9.64 Å². The number of morpholine rings is 1. The summed E-state index contributed by atoms with van der Waals surface area (Å²) < 4.78 is 5.41. The molecule has 0 aromatic rings. The zero-order chi connectivity index (χ0) is 11.6. The lowest BCUT2D eigenvalue weighted by atomic mass is 9.91. The number of carbonyl (C=O) groups is 1. The van der Waals surface area contributed by atoms with Crippen molar-refractivity contribution in [1.29, 1.82) is 0 Å². The molecule has 1 saturated heterocycles. The molecule has 3 heteroatoms. The zero-order valence-electron chi connectivity index (χ0n) is 10.2. The Morgan fingerprint density at radius 3 is 2.73 bits per heavy atom. The van der Waals surface area contributed by atoms with Crippen LogP contribution in [-0.2, 0) is 9.53 Å². The van der Waals surface area contributed by atoms with Gasteiger partial charge in [0, 0.05) is 12.1 Å². The smallest absolute Gasteiger partial charge is 0.227 e. The molecule has 1 fully saturated rings. The highest BCUT2D eigenvalue weighted by Gasteiger charge is 2.27. The molecule has 86 valence electrons. The molecular formula is C12H21NO2. The van der Waals surface area contributed by atoms with E-state index < -0.39 is 0 Å². The van der Waals surface area contributed by atoms with Crippen molar-refractivity contribution in [2.75, 3.05) is 13.2 Å². The third kappa shape index (κ3) is 3.67. The van der Waals surface area contributed by atoms with Gasteiger partial charge in [-0.2, -0.15) is 0 Å². The Balaban J connectivity index is 2.61. The fourth-order valence-electron chi connectivity index (χ4n) is 1.58. The largest absolute Gasteiger partial charge is 0.370 e. The van der Waals surface area contributed by atoms with E-state index in [1.807, 2.05) is 6.92 Å². The fraction of sp³-hybridized carbons (Fsp3) is 0.750. The summed E-state index contributed by atoms with van der Waals surface area (Å²) in [5, 5.41) is 0. The molecule has 1 aliphatic rings. The second-order valence-electron chi connectivity index (χ2n) is 5.43. The van der Waals surface area contributed by atoms with E-state index in [4.69, 9.17) is 4.74 Å². The van der Waals surface area contributed by atoms with Crippen LogP contribution < -0.4 is 0 Å². The van der Waals surface area contributed by atoms with Gasteiger partial charge in [-0.1, -0.05) is 27.4 Å². The van der Waals surface area contributed by atoms with Crippen LogP contribution in [0.15, 0.2) is 12.3 Å². The Kier molecular flexibility index (Phi) is 3.55. The van der Waals surface area contributed by atoms with Gasteiger partial charge in [0.05, 0.1) is 19.3 Å². The third-order valence-electron chi connectivity index (χ3n) is 2.34. The van der Waals surface area contributed by atoms with Crippen molar-refractivity contribution in [2.45, 2.75) is 40.2 Å². The van der Waals surface area contributed by atoms with E-state index in [1.165, 1.54) is 0 Å². The van der Waals surface area contributed by atoms with Gasteiger partial charge in [0.15, 0.2) is 0 Å². The first-order valence-corrected chi connectivity index (χ1v) is 5.39. The van der Waals surface area contributed by atoms with Gasteiger partial charge in [0.2, 0.25) is 5.91 Å². The van der Waals surface area contributed by atoms with Crippen molar-refractivity contribution in [3.05, 3.63) is 12.3 Å². The van der Waals surface area contributed by atoms with E-state index in [0.717, 1.165) is 5.70 Å². The van der Waals surface area contributed by atoms with Crippen molar-refractivity contribution in [2.24, 2.45) is 5.41 Å². The summed E-state index contributed by atoms with van der Waals surface area (Å²) in [4.78, 5) is 13.7. The number of amides is 1. The van der Waals surface area contributed by atoms with Crippen LogP contribution in [-0.4, -0.2) is 30.1 Å². The van der Waals surface area contributed by atoms with Gasteiger partial charge in [-0.15, -0.1) is 0 Å². The topological polar surface area (TPSA) is 29.5 Å². The molecule has 3 nitrogen and oxygen atoms in total. The molecule has 1 rings (SSSR count). The van der Waals surface area contributed by atoms with Gasteiger partial charge in [-0.3, -0.25) is 4.79 Å². The molecule has 15 heavy (non-hydrogen) atoms. The quantitative estimate of drug-likeness (QED) is 0.665. The molecule has 0 aliphatic carbocycles. The first-order valence-electron chi connectivity index (χ1n) is 5.39. The Morgan fingerprint density at radius 1 is 1.60 bits per heavy atom. The summed E-state index contributed by atoms with van der Waals surface area (Å²) in [5.74, 6) is 0.155. The van der Waals surface area contributed by atoms with Gasteiger partial charge in [0.25, 0.3) is 0 Å². The number of hydrogen-bond acceptors (Lipinski definition) is 2. The molecule has 0 aromatic heterocycles. The first-order chi connectivity index (χ1) is 6.79. The predicted octanol–water partition coefficient (Wildman–Crippen LogP) is 2.18. The minimum Gasteiger partial charge on any atom is -0.370 e. The molecule has 0 aromatic carbocycles. The second kappa shape index (κ2) is 4.35. The van der Waals surface area contributed by atoms with Crippen LogP contribution in [0, 0.1) is 5.41 Å². The Bertz CT molecular complexity index is 265. The predicted molar refractivity (Wildman–Crippen MR) is 60.3 cm³/mol. The van der Waals surface area contributed by atoms with Crippen LogP contribution in [0.1, 0.15) is 34.1 Å². The molecule has 1 atom stereocenters. The molecular weight excluding hydrogens is 190 g/mol. The normalized spacial score (nSPS) is 23.1. The number of ether oxygens (including phenoxy) is 1. The lowest BCUT2D eigenvalue weighted by molar-refractivity contribution is -0.135. The molecule has 0 saturated carbocycles. The Morgan fingerprint density at radius 2 is 2.20 bits per heavy atom. The van der Waals surface area contributed by atoms with E-state index >= 15 is 0 Å². The third-order valence-corrected chi connectivity index (χ3v) is 2.34. The SMILES string of the molecule is C=C1COC(C)CN1C(=O)CC(C)(C)C. The summed E-state index contributed by atoms with van der Waals surface area (Å²) in [6.45, 7) is 13.1. The summed E-state index contributed by atoms with van der Waals surface area (Å²) in [5.41, 5.74) is 0.807. The van der Waals surface area contributed by atoms with Gasteiger partial charge in [-0.05, 0) is 12.3 Å². The summed E-state index contributed by atoms with van der Waals surface area (Å²) in [6, 6.07) is 0. The van der Waals surface area contributed by atoms with Crippen LogP contribution in [0.5, 0.6) is 0 Å². The summed E-state index contributed by atoms with van der Waals surface area (Å²) in [6.07, 6.45) is 0.665. The molecule has 0 N–H and O–H groups in total. The van der Waals surface area contributed by atoms with E-state index in [9.17, 15) is 4.79 Å². The lowest BCUT2D eigenvalue weighted by Gasteiger charge is -2.34. The highest BCUT2D eigenvalue weighted by Crippen LogP contribution is 2.23. The maximum absolute atomic E-state index is 12.0. The van der Waals surface area contributed by atoms with Crippen LogP contribution in [0.2, 0.25) is 0 Å². The van der Waals surface area contributed by atoms with Crippen LogP contribution in [0.3, 0.4) is 0 Å². The standard InChI is InChI=1S/C12H21NO2/c1-9-8-15-10(2)7-13(9)11(14)6-12(3,4)5/h10H,1,6-8H2,2-5H3. The summed E-state index contributed by atoms with van der Waals surface area (Å²) in [7, 11) is 0. The molecule has 0 bridgehead atoms. The number of hydrogen-bond donors (Lipinski definition) is 0. The van der Waals surface area contributed by atoms with Gasteiger partial charge in [-0.25, -0.2) is 0 Å². The molecule has 0 radical (unpaired) electrons. The van der Waals surface area contributed by atoms with Crippen LogP contribution in [0.4, 0.5) is 0 Å². The minimum absolute atomic E-state index is 0.0267. The first kappa shape index (κ1) is 12.2. The second-order valence-corrected chi connectivity index (χ2v) is 5.43. The Labute approximate surface area is 92.1 Å². The van der Waals surface area contributed by atoms with Gasteiger partial charge >= 0.3 is 0 Å². The Hall–Kier alpha value is -0.830. The molecule has 1 aliphatic heterocycles. The zero-order valence-corrected chi connectivity index (χ0v) is 10.2. The van der Waals surface area contributed by atoms with Crippen LogP contribution in [0.25, 0.3) is 0 Å². The van der Waals surface area contributed by atoms with Crippen LogP contribution >= 0.6 is 0 Å². The lowest BCUT2D eigenvalue weighted by Crippen LogP contribution is -2.43. The van der Waals surface area contributed by atoms with Gasteiger partial charge in [0.1, 0.15) is 0 Å². The highest BCUT2D eigenvalue weighted by molar-refractivity contribution is 5.78. The van der Waals surface area contributed by atoms with E-state index in [1.54, 1.807) is 4.90 Å². The maximum Gasteiger partial charge on any atom is 0.227 e. The molecule has 1 amide bonds. The van der Waals surface area contributed by atoms with E-state index in [2.05, 4.69) is 27.4 Å². The number of nitrogens with zero attached hydrogens (tertiary/aromatic N) is 1. The fourth-order valence-corrected chi connectivity index (χ4v) is 1.58. The highest BCUT2D eigenvalue weighted by atomic mass is 16.5. The molecule has 1 unspecified atom stereocenters. The van der Waals surface area contributed by atoms with Crippen molar-refractivity contribution >= 4 is 5.91 Å². The number of rotatable bonds is 1. The molecule has 1 heterocycles. The van der Waals surface area contributed by atoms with Crippen molar-refractivity contribution < 1.29 is 9.53 Å². The maximum atomic E-state index is 12.0. The molecule has 0 spiro atoms. The average Bonchev–Trinajstić information content (AvgIpc) is 2.06. The van der Waals surface area contributed by atoms with Crippen molar-refractivity contribution in [3.8, 4) is 0 Å². The number of carbonyl (C=O) groups excluding carboxylic acids is 1. The van der Waals surface area contributed by atoms with E-state index in [0.29, 0.717) is 19.6 Å². The van der Waals surface area contributed by atoms with Crippen molar-refractivity contribution in [3.63, 3.8) is 0 Å². The minimum atomic E-state index is 0.0267. The average molecular weight is 211 g/mol.